The molecule has 0 saturated carbocycles. The number of nitrogens with one attached hydrogen (secondary N) is 2. The van der Waals surface area contributed by atoms with Gasteiger partial charge in [0.2, 0.25) is 0 Å². The van der Waals surface area contributed by atoms with E-state index in [1.54, 1.807) is 13.1 Å². The average molecular weight is 539 g/mol. The van der Waals surface area contributed by atoms with Crippen LogP contribution in [0.3, 0.4) is 0 Å². The van der Waals surface area contributed by atoms with Crippen molar-refractivity contribution in [3.8, 4) is 11.5 Å². The summed E-state index contributed by atoms with van der Waals surface area (Å²) < 4.78 is 52.2. The third-order valence-corrected chi connectivity index (χ3v) is 6.55. The Morgan fingerprint density at radius 3 is 2.67 bits per heavy atom. The minimum Gasteiger partial charge on any atom is -0.343 e. The SMILES string of the molecule is CC(CC(=O)c1ncnc(-c2ncc[nH]2)c1Cl)c1ncc(C(=O)Nc2ccc(F)c(C(F)(F)F)c2)s1. The van der Waals surface area contributed by atoms with Gasteiger partial charge in [-0.05, 0) is 18.2 Å². The Bertz CT molecular complexity index is 1420. The predicted octanol–water partition coefficient (Wildman–Crippen LogP) is 5.76. The molecule has 3 aromatic heterocycles. The quantitative estimate of drug-likeness (QED) is 0.228. The summed E-state index contributed by atoms with van der Waals surface area (Å²) in [5, 5.41) is 2.79. The highest BCUT2D eigenvalue weighted by molar-refractivity contribution is 7.13. The lowest BCUT2D eigenvalue weighted by Gasteiger charge is -2.10. The van der Waals surface area contributed by atoms with Crippen molar-refractivity contribution in [3.63, 3.8) is 0 Å². The highest BCUT2D eigenvalue weighted by atomic mass is 35.5. The molecule has 1 unspecified atom stereocenters. The third kappa shape index (κ3) is 5.41. The summed E-state index contributed by atoms with van der Waals surface area (Å²) in [7, 11) is 0. The van der Waals surface area contributed by atoms with Crippen LogP contribution in [-0.4, -0.2) is 36.6 Å². The van der Waals surface area contributed by atoms with Crippen LogP contribution in [0.4, 0.5) is 23.2 Å². The second-order valence-corrected chi connectivity index (χ2v) is 9.00. The number of carbonyl (C=O) groups excluding carboxylic acids is 2. The number of H-pyrrole nitrogens is 1. The summed E-state index contributed by atoms with van der Waals surface area (Å²) in [5.41, 5.74) is -1.43. The molecule has 0 radical (unpaired) electrons. The van der Waals surface area contributed by atoms with E-state index in [0.29, 0.717) is 23.0 Å². The number of rotatable bonds is 7. The van der Waals surface area contributed by atoms with Gasteiger partial charge < -0.3 is 10.3 Å². The first-order valence-corrected chi connectivity index (χ1v) is 11.4. The Hall–Kier alpha value is -3.71. The number of hydrogen-bond acceptors (Lipinski definition) is 7. The van der Waals surface area contributed by atoms with Crippen LogP contribution in [-0.2, 0) is 6.18 Å². The van der Waals surface area contributed by atoms with Crippen LogP contribution >= 0.6 is 22.9 Å². The minimum atomic E-state index is -4.91. The molecule has 0 aliphatic heterocycles. The smallest absolute Gasteiger partial charge is 0.343 e. The molecule has 36 heavy (non-hydrogen) atoms. The van der Waals surface area contributed by atoms with Gasteiger partial charge in [0.15, 0.2) is 11.6 Å². The molecule has 0 spiro atoms. The maximum atomic E-state index is 13.5. The van der Waals surface area contributed by atoms with E-state index < -0.39 is 29.4 Å². The molecule has 0 bridgehead atoms. The molecule has 0 aliphatic carbocycles. The van der Waals surface area contributed by atoms with Gasteiger partial charge in [-0.3, -0.25) is 9.59 Å². The Morgan fingerprint density at radius 2 is 1.97 bits per heavy atom. The fourth-order valence-electron chi connectivity index (χ4n) is 3.22. The highest BCUT2D eigenvalue weighted by Gasteiger charge is 2.34. The second-order valence-electron chi connectivity index (χ2n) is 7.56. The Kier molecular flexibility index (Phi) is 7.13. The van der Waals surface area contributed by atoms with Gasteiger partial charge in [0, 0.05) is 30.4 Å². The van der Waals surface area contributed by atoms with Crippen molar-refractivity contribution < 1.29 is 27.2 Å². The average Bonchev–Trinajstić information content (AvgIpc) is 3.52. The Balaban J connectivity index is 1.45. The van der Waals surface area contributed by atoms with E-state index in [1.807, 2.05) is 0 Å². The zero-order chi connectivity index (χ0) is 26.0. The molecule has 0 aliphatic rings. The fourth-order valence-corrected chi connectivity index (χ4v) is 4.38. The molecule has 0 fully saturated rings. The first-order valence-electron chi connectivity index (χ1n) is 10.2. The number of benzene rings is 1. The van der Waals surface area contributed by atoms with Crippen molar-refractivity contribution in [1.82, 2.24) is 24.9 Å². The molecule has 1 amide bonds. The monoisotopic (exact) mass is 538 g/mol. The number of alkyl halides is 3. The molecule has 14 heteroatoms. The van der Waals surface area contributed by atoms with E-state index in [2.05, 4.69) is 30.2 Å². The van der Waals surface area contributed by atoms with Crippen LogP contribution in [0.1, 0.15) is 50.0 Å². The molecule has 8 nitrogen and oxygen atoms in total. The standard InChI is InChI=1S/C22H15ClF4N6O2S/c1-10(6-14(34)17-16(23)18(32-9-31-17)19-28-4-5-29-19)21-30-8-15(36-21)20(35)33-11-2-3-13(24)12(7-11)22(25,26)27/h2-5,7-10H,6H2,1H3,(H,28,29)(H,33,35). The molecular weight excluding hydrogens is 524 g/mol. The van der Waals surface area contributed by atoms with Gasteiger partial charge in [0.1, 0.15) is 28.4 Å². The molecule has 1 aromatic carbocycles. The summed E-state index contributed by atoms with van der Waals surface area (Å²) >= 11 is 7.30. The number of thiazole rings is 1. The van der Waals surface area contributed by atoms with Gasteiger partial charge in [-0.2, -0.15) is 13.2 Å². The van der Waals surface area contributed by atoms with Gasteiger partial charge in [-0.25, -0.2) is 24.3 Å². The number of halogens is 5. The molecule has 3 heterocycles. The predicted molar refractivity (Wildman–Crippen MR) is 123 cm³/mol. The second kappa shape index (κ2) is 10.1. The minimum absolute atomic E-state index is 0.0104. The van der Waals surface area contributed by atoms with Crippen LogP contribution in [0.2, 0.25) is 5.02 Å². The number of Topliss-reactive ketones (excluding diaryl/α,β-unsaturated/α-hetero) is 1. The van der Waals surface area contributed by atoms with Crippen molar-refractivity contribution in [1.29, 1.82) is 0 Å². The number of ketones is 1. The third-order valence-electron chi connectivity index (χ3n) is 4.97. The molecule has 2 N–H and O–H groups in total. The molecule has 1 atom stereocenters. The maximum absolute atomic E-state index is 13.5. The van der Waals surface area contributed by atoms with E-state index in [9.17, 15) is 27.2 Å². The number of aromatic amines is 1. The fraction of sp³-hybridized carbons (Fsp3) is 0.182. The van der Waals surface area contributed by atoms with Gasteiger partial charge in [0.25, 0.3) is 5.91 Å². The van der Waals surface area contributed by atoms with Crippen molar-refractivity contribution in [2.75, 3.05) is 5.32 Å². The number of anilines is 1. The van der Waals surface area contributed by atoms with E-state index in [-0.39, 0.29) is 39.2 Å². The maximum Gasteiger partial charge on any atom is 0.419 e. The molecule has 186 valence electrons. The molecule has 4 rings (SSSR count). The zero-order valence-electron chi connectivity index (χ0n) is 18.2. The lowest BCUT2D eigenvalue weighted by atomic mass is 10.0. The lowest BCUT2D eigenvalue weighted by Crippen LogP contribution is -2.13. The number of nitrogens with zero attached hydrogens (tertiary/aromatic N) is 4. The summed E-state index contributed by atoms with van der Waals surface area (Å²) in [6.45, 7) is 1.72. The Labute approximate surface area is 209 Å². The largest absolute Gasteiger partial charge is 0.419 e. The van der Waals surface area contributed by atoms with Crippen molar-refractivity contribution in [2.45, 2.75) is 25.4 Å². The normalized spacial score (nSPS) is 12.4. The topological polar surface area (TPSA) is 114 Å². The summed E-state index contributed by atoms with van der Waals surface area (Å²) in [5.74, 6) is -2.60. The van der Waals surface area contributed by atoms with E-state index in [0.717, 1.165) is 17.4 Å². The van der Waals surface area contributed by atoms with Crippen LogP contribution in [0, 0.1) is 5.82 Å². The van der Waals surface area contributed by atoms with Crippen molar-refractivity contribution in [2.24, 2.45) is 0 Å². The summed E-state index contributed by atoms with van der Waals surface area (Å²) in [6.07, 6.45) is 0.605. The van der Waals surface area contributed by atoms with Gasteiger partial charge in [-0.15, -0.1) is 11.3 Å². The van der Waals surface area contributed by atoms with Crippen molar-refractivity contribution >= 4 is 40.3 Å². The summed E-state index contributed by atoms with van der Waals surface area (Å²) in [6, 6.07) is 2.16. The number of hydrogen-bond donors (Lipinski definition) is 2. The first kappa shape index (κ1) is 25.4. The first-order chi connectivity index (χ1) is 17.0. The highest BCUT2D eigenvalue weighted by Crippen LogP contribution is 2.34. The van der Waals surface area contributed by atoms with Gasteiger partial charge >= 0.3 is 6.18 Å². The van der Waals surface area contributed by atoms with Crippen LogP contribution < -0.4 is 5.32 Å². The van der Waals surface area contributed by atoms with E-state index in [4.69, 9.17) is 11.6 Å². The number of aromatic nitrogens is 5. The lowest BCUT2D eigenvalue weighted by molar-refractivity contribution is -0.139. The van der Waals surface area contributed by atoms with Gasteiger partial charge in [0.05, 0.1) is 21.8 Å². The van der Waals surface area contributed by atoms with Gasteiger partial charge in [-0.1, -0.05) is 18.5 Å². The van der Waals surface area contributed by atoms with E-state index in [1.165, 1.54) is 18.7 Å². The number of carbonyl (C=O) groups is 2. The zero-order valence-corrected chi connectivity index (χ0v) is 19.8. The van der Waals surface area contributed by atoms with E-state index >= 15 is 0 Å². The molecule has 4 aromatic rings. The Morgan fingerprint density at radius 1 is 1.19 bits per heavy atom. The molecule has 0 saturated heterocycles. The van der Waals surface area contributed by atoms with Crippen LogP contribution in [0.25, 0.3) is 11.5 Å². The number of amides is 1. The molecular formula is C22H15ClF4N6O2S. The summed E-state index contributed by atoms with van der Waals surface area (Å²) in [4.78, 5) is 44.6. The number of imidazole rings is 1. The van der Waals surface area contributed by atoms with Crippen LogP contribution in [0.5, 0.6) is 0 Å². The van der Waals surface area contributed by atoms with Crippen LogP contribution in [0.15, 0.2) is 43.1 Å². The van der Waals surface area contributed by atoms with Crippen molar-refractivity contribution in [3.05, 3.63) is 75.1 Å².